The maximum Gasteiger partial charge on any atom is 1.00 e. The van der Waals surface area contributed by atoms with Crippen molar-refractivity contribution in [3.05, 3.63) is 29.3 Å². The topological polar surface area (TPSA) is 23.3 Å². The number of rotatable bonds is 3. The normalized spacial score (nSPS) is 35.5. The summed E-state index contributed by atoms with van der Waals surface area (Å²) in [4.78, 5) is 4.69. The Morgan fingerprint density at radius 3 is 2.29 bits per heavy atom. The molecule has 2 aliphatic carbocycles. The van der Waals surface area contributed by atoms with Gasteiger partial charge in [-0.3, -0.25) is 0 Å². The molecule has 4 unspecified atom stereocenters. The van der Waals surface area contributed by atoms with Crippen molar-refractivity contribution in [3.8, 4) is 0 Å². The molecule has 0 aromatic carbocycles. The summed E-state index contributed by atoms with van der Waals surface area (Å²) in [5.74, 6) is 1.23. The van der Waals surface area contributed by atoms with Gasteiger partial charge in [-0.2, -0.15) is 7.05 Å². The number of methoxy groups -OCH3 is 1. The predicted octanol–water partition coefficient (Wildman–Crippen LogP) is 0.346. The van der Waals surface area contributed by atoms with E-state index in [4.69, 9.17) is 4.74 Å². The van der Waals surface area contributed by atoms with Gasteiger partial charge in [0.15, 0.2) is 0 Å². The number of hydrogen-bond donors (Lipinski definition) is 0. The molecule has 2 aliphatic rings. The van der Waals surface area contributed by atoms with E-state index in [0.717, 1.165) is 5.54 Å². The summed E-state index contributed by atoms with van der Waals surface area (Å²) in [5.41, 5.74) is 0.730. The van der Waals surface area contributed by atoms with Crippen molar-refractivity contribution >= 4 is 8.24 Å². The molecule has 0 aromatic heterocycles. The summed E-state index contributed by atoms with van der Waals surface area (Å²) in [6.07, 6.45) is 10.6. The minimum atomic E-state index is -1.45. The van der Waals surface area contributed by atoms with E-state index < -0.39 is 8.24 Å². The molecule has 2 rings (SSSR count). The average Bonchev–Trinajstić information content (AvgIpc) is 2.68. The predicted molar refractivity (Wildman–Crippen MR) is 71.2 cm³/mol. The van der Waals surface area contributed by atoms with Gasteiger partial charge in [0.2, 0.25) is 0 Å². The van der Waals surface area contributed by atoms with Crippen LogP contribution in [-0.4, -0.2) is 28.5 Å². The van der Waals surface area contributed by atoms with Gasteiger partial charge in [-0.25, -0.2) is 0 Å². The van der Waals surface area contributed by atoms with Crippen LogP contribution >= 0.6 is 0 Å². The first-order chi connectivity index (χ1) is 7.60. The van der Waals surface area contributed by atoms with Crippen LogP contribution in [0.25, 0.3) is 4.98 Å². The zero-order chi connectivity index (χ0) is 11.8. The molecule has 0 bridgehead atoms. The van der Waals surface area contributed by atoms with Gasteiger partial charge in [0.25, 0.3) is 0 Å². The Morgan fingerprint density at radius 2 is 1.76 bits per heavy atom. The summed E-state index contributed by atoms with van der Waals surface area (Å²) >= 11 is 0. The first-order valence-electron chi connectivity index (χ1n) is 6.09. The maximum atomic E-state index is 5.65. The fourth-order valence-corrected chi connectivity index (χ4v) is 5.57. The number of ether oxygens (including phenoxy) is 1. The molecule has 4 atom stereocenters. The van der Waals surface area contributed by atoms with E-state index in [9.17, 15) is 0 Å². The third-order valence-corrected chi connectivity index (χ3v) is 7.98. The Kier molecular flexibility index (Phi) is 5.30. The van der Waals surface area contributed by atoms with E-state index in [0.29, 0.717) is 17.9 Å². The van der Waals surface area contributed by atoms with Crippen LogP contribution in [0.1, 0.15) is 6.42 Å². The second-order valence-electron chi connectivity index (χ2n) is 5.42. The number of fused-ring (bicyclic) bond motifs is 1. The number of nitrogens with zero attached hydrogens (tertiary/aromatic N) is 1. The molecule has 4 heteroatoms. The van der Waals surface area contributed by atoms with Crippen molar-refractivity contribution in [3.63, 3.8) is 0 Å². The smallest absolute Gasteiger partial charge is 0.667 e. The van der Waals surface area contributed by atoms with Crippen molar-refractivity contribution in [2.75, 3.05) is 14.2 Å². The van der Waals surface area contributed by atoms with Crippen molar-refractivity contribution in [1.82, 2.24) is 0 Å². The standard InChI is InChI=1S/C13H22NOSi.Li/c1-14-16(3,4)13-9-12(15-2)10-7-5-6-8-11(10)13;/h5-8,10-13H,9H2,1-4H3;/q-1;+1. The second-order valence-corrected chi connectivity index (χ2v) is 9.91. The molecule has 0 spiro atoms. The average molecular weight is 243 g/mol. The molecule has 0 N–H and O–H groups in total. The van der Waals surface area contributed by atoms with Crippen molar-refractivity contribution in [1.29, 1.82) is 0 Å². The minimum Gasteiger partial charge on any atom is -0.667 e. The molecule has 1 saturated carbocycles. The molecule has 0 aliphatic heterocycles. The Bertz CT molecular complexity index is 317. The minimum absolute atomic E-state index is 0. The van der Waals surface area contributed by atoms with E-state index in [1.807, 2.05) is 14.2 Å². The van der Waals surface area contributed by atoms with Gasteiger partial charge in [0, 0.05) is 13.0 Å². The Morgan fingerprint density at radius 1 is 1.18 bits per heavy atom. The van der Waals surface area contributed by atoms with Crippen LogP contribution in [-0.2, 0) is 4.74 Å². The number of hydrogen-bond acceptors (Lipinski definition) is 1. The van der Waals surface area contributed by atoms with Crippen LogP contribution in [0.4, 0.5) is 0 Å². The molecule has 2 nitrogen and oxygen atoms in total. The van der Waals surface area contributed by atoms with Crippen molar-refractivity contribution < 1.29 is 23.6 Å². The number of allylic oxidation sites excluding steroid dienone is 3. The Balaban J connectivity index is 0.00000144. The molecule has 1 fully saturated rings. The van der Waals surface area contributed by atoms with E-state index in [2.05, 4.69) is 42.4 Å². The van der Waals surface area contributed by atoms with Gasteiger partial charge >= 0.3 is 18.9 Å². The molecule has 0 amide bonds. The van der Waals surface area contributed by atoms with Crippen LogP contribution in [0.15, 0.2) is 24.3 Å². The van der Waals surface area contributed by atoms with Crippen LogP contribution in [0.3, 0.4) is 0 Å². The molecule has 0 aromatic rings. The van der Waals surface area contributed by atoms with E-state index in [1.54, 1.807) is 0 Å². The molecule has 0 saturated heterocycles. The molecule has 0 heterocycles. The van der Waals surface area contributed by atoms with Gasteiger partial charge < -0.3 is 9.72 Å². The zero-order valence-corrected chi connectivity index (χ0v) is 12.7. The summed E-state index contributed by atoms with van der Waals surface area (Å²) in [6.45, 7) is 4.75. The quantitative estimate of drug-likeness (QED) is 0.656. The van der Waals surface area contributed by atoms with Gasteiger partial charge in [0.1, 0.15) is 0 Å². The van der Waals surface area contributed by atoms with Crippen LogP contribution < -0.4 is 18.9 Å². The van der Waals surface area contributed by atoms with Crippen LogP contribution in [0.2, 0.25) is 18.6 Å². The SMILES string of the molecule is C[N-][Si](C)(C)C1CC(OC)C2C=CC=CC21.[Li+]. The Labute approximate surface area is 118 Å². The van der Waals surface area contributed by atoms with Crippen molar-refractivity contribution in [2.24, 2.45) is 11.8 Å². The molecule has 90 valence electrons. The van der Waals surface area contributed by atoms with Gasteiger partial charge in [-0.05, 0) is 12.3 Å². The van der Waals surface area contributed by atoms with Gasteiger partial charge in [-0.1, -0.05) is 51.2 Å². The third-order valence-electron chi connectivity index (χ3n) is 4.39. The zero-order valence-electron chi connectivity index (χ0n) is 11.7. The van der Waals surface area contributed by atoms with Gasteiger partial charge in [-0.15, -0.1) is 0 Å². The largest absolute Gasteiger partial charge is 1.00 e. The first-order valence-corrected chi connectivity index (χ1v) is 9.11. The van der Waals surface area contributed by atoms with E-state index in [-0.39, 0.29) is 18.9 Å². The van der Waals surface area contributed by atoms with E-state index >= 15 is 0 Å². The molecule has 17 heavy (non-hydrogen) atoms. The molecular weight excluding hydrogens is 221 g/mol. The maximum absolute atomic E-state index is 5.65. The van der Waals surface area contributed by atoms with E-state index in [1.165, 1.54) is 6.42 Å². The summed E-state index contributed by atoms with van der Waals surface area (Å²) < 4.78 is 5.65. The Hall–Kier alpha value is 0.214. The summed E-state index contributed by atoms with van der Waals surface area (Å²) in [6, 6.07) is 0. The van der Waals surface area contributed by atoms with Gasteiger partial charge in [0.05, 0.1) is 6.10 Å². The summed E-state index contributed by atoms with van der Waals surface area (Å²) in [5, 5.41) is 0. The fourth-order valence-electron chi connectivity index (χ4n) is 3.16. The van der Waals surface area contributed by atoms with Crippen molar-refractivity contribution in [2.45, 2.75) is 31.2 Å². The van der Waals surface area contributed by atoms with Crippen LogP contribution in [0.5, 0.6) is 0 Å². The summed E-state index contributed by atoms with van der Waals surface area (Å²) in [7, 11) is 2.38. The fraction of sp³-hybridized carbons (Fsp3) is 0.692. The third kappa shape index (κ3) is 2.80. The molecule has 0 radical (unpaired) electrons. The second kappa shape index (κ2) is 5.90. The monoisotopic (exact) mass is 243 g/mol. The molecular formula is C13H22LiNOSi. The first kappa shape index (κ1) is 15.3. The van der Waals surface area contributed by atoms with Crippen LogP contribution in [0, 0.1) is 11.8 Å².